The minimum atomic E-state index is 0.0752. The fourth-order valence-corrected chi connectivity index (χ4v) is 2.26. The summed E-state index contributed by atoms with van der Waals surface area (Å²) in [6.07, 6.45) is 2.19. The lowest BCUT2D eigenvalue weighted by Crippen LogP contribution is -2.34. The fraction of sp³-hybridized carbons (Fsp3) is 0.462. The molecule has 1 aliphatic heterocycles. The molecule has 1 aromatic rings. The van der Waals surface area contributed by atoms with E-state index >= 15 is 0 Å². The first-order chi connectivity index (χ1) is 7.61. The second-order valence-electron chi connectivity index (χ2n) is 4.53. The highest BCUT2D eigenvalue weighted by Gasteiger charge is 2.27. The van der Waals surface area contributed by atoms with Crippen molar-refractivity contribution in [2.24, 2.45) is 0 Å². The van der Waals surface area contributed by atoms with Crippen molar-refractivity contribution in [2.75, 3.05) is 12.3 Å². The van der Waals surface area contributed by atoms with Gasteiger partial charge in [-0.15, -0.1) is 0 Å². The van der Waals surface area contributed by atoms with Crippen molar-refractivity contribution < 1.29 is 4.79 Å². The second-order valence-corrected chi connectivity index (χ2v) is 4.53. The van der Waals surface area contributed by atoms with Crippen LogP contribution in [0.5, 0.6) is 0 Å². The molecule has 1 atom stereocenters. The van der Waals surface area contributed by atoms with Gasteiger partial charge < -0.3 is 10.6 Å². The number of nitrogens with zero attached hydrogens (tertiary/aromatic N) is 1. The third kappa shape index (κ3) is 1.77. The smallest absolute Gasteiger partial charge is 0.256 e. The molecule has 3 nitrogen and oxygen atoms in total. The Labute approximate surface area is 96.2 Å². The van der Waals surface area contributed by atoms with Gasteiger partial charge in [-0.05, 0) is 38.3 Å². The van der Waals surface area contributed by atoms with Crippen LogP contribution in [0.1, 0.15) is 35.7 Å². The second kappa shape index (κ2) is 4.16. The average Bonchev–Trinajstić information content (AvgIpc) is 2.68. The van der Waals surface area contributed by atoms with Gasteiger partial charge in [0, 0.05) is 18.3 Å². The van der Waals surface area contributed by atoms with Gasteiger partial charge in [0.05, 0.1) is 5.56 Å². The van der Waals surface area contributed by atoms with Gasteiger partial charge >= 0.3 is 0 Å². The molecule has 1 unspecified atom stereocenters. The molecule has 0 radical (unpaired) electrons. The van der Waals surface area contributed by atoms with E-state index in [9.17, 15) is 4.79 Å². The Morgan fingerprint density at radius 2 is 2.25 bits per heavy atom. The number of hydrogen-bond acceptors (Lipinski definition) is 2. The van der Waals surface area contributed by atoms with E-state index < -0.39 is 0 Å². The van der Waals surface area contributed by atoms with Gasteiger partial charge in [0.1, 0.15) is 0 Å². The molecule has 1 heterocycles. The number of likely N-dealkylation sites (tertiary alicyclic amines) is 1. The van der Waals surface area contributed by atoms with Crippen LogP contribution in [0.15, 0.2) is 18.2 Å². The number of benzene rings is 1. The number of para-hydroxylation sites is 1. The number of aryl methyl sites for hydroxylation is 1. The maximum atomic E-state index is 12.3. The van der Waals surface area contributed by atoms with Crippen LogP contribution < -0.4 is 5.73 Å². The highest BCUT2D eigenvalue weighted by Crippen LogP contribution is 2.23. The normalized spacial score (nSPS) is 20.1. The molecule has 1 aliphatic rings. The zero-order chi connectivity index (χ0) is 11.7. The topological polar surface area (TPSA) is 46.3 Å². The molecular weight excluding hydrogens is 200 g/mol. The van der Waals surface area contributed by atoms with Crippen LogP contribution in [-0.4, -0.2) is 23.4 Å². The lowest BCUT2D eigenvalue weighted by molar-refractivity contribution is 0.0748. The van der Waals surface area contributed by atoms with Crippen LogP contribution in [0, 0.1) is 6.92 Å². The van der Waals surface area contributed by atoms with Crippen LogP contribution in [0.25, 0.3) is 0 Å². The first-order valence-electron chi connectivity index (χ1n) is 5.77. The van der Waals surface area contributed by atoms with Crippen molar-refractivity contribution in [1.29, 1.82) is 0 Å². The van der Waals surface area contributed by atoms with E-state index in [1.165, 1.54) is 0 Å². The van der Waals surface area contributed by atoms with E-state index in [0.717, 1.165) is 24.9 Å². The molecule has 16 heavy (non-hydrogen) atoms. The molecule has 86 valence electrons. The molecule has 1 saturated heterocycles. The molecule has 1 amide bonds. The SMILES string of the molecule is Cc1cccc(C(=O)N2CCCC2C)c1N. The predicted molar refractivity (Wildman–Crippen MR) is 65.3 cm³/mol. The minimum Gasteiger partial charge on any atom is -0.398 e. The molecule has 0 spiro atoms. The van der Waals surface area contributed by atoms with Crippen molar-refractivity contribution in [3.8, 4) is 0 Å². The van der Waals surface area contributed by atoms with Crippen LogP contribution in [-0.2, 0) is 0 Å². The van der Waals surface area contributed by atoms with Gasteiger partial charge in [-0.25, -0.2) is 0 Å². The summed E-state index contributed by atoms with van der Waals surface area (Å²) in [5.41, 5.74) is 8.18. The molecule has 3 heteroatoms. The van der Waals surface area contributed by atoms with E-state index in [0.29, 0.717) is 17.3 Å². The van der Waals surface area contributed by atoms with E-state index in [1.54, 1.807) is 0 Å². The molecule has 1 fully saturated rings. The number of anilines is 1. The minimum absolute atomic E-state index is 0.0752. The largest absolute Gasteiger partial charge is 0.398 e. The van der Waals surface area contributed by atoms with Crippen molar-refractivity contribution in [2.45, 2.75) is 32.7 Å². The Bertz CT molecular complexity index is 414. The molecule has 0 aliphatic carbocycles. The summed E-state index contributed by atoms with van der Waals surface area (Å²) in [6, 6.07) is 5.97. The van der Waals surface area contributed by atoms with Gasteiger partial charge in [-0.1, -0.05) is 12.1 Å². The summed E-state index contributed by atoms with van der Waals surface area (Å²) in [4.78, 5) is 14.2. The lowest BCUT2D eigenvalue weighted by Gasteiger charge is -2.22. The van der Waals surface area contributed by atoms with Crippen molar-refractivity contribution >= 4 is 11.6 Å². The lowest BCUT2D eigenvalue weighted by atomic mass is 10.1. The number of nitrogens with two attached hydrogens (primary N) is 1. The standard InChI is InChI=1S/C13H18N2O/c1-9-5-3-7-11(12(9)14)13(16)15-8-4-6-10(15)2/h3,5,7,10H,4,6,8,14H2,1-2H3. The van der Waals surface area contributed by atoms with Gasteiger partial charge in [0.2, 0.25) is 0 Å². The molecule has 0 aromatic heterocycles. The summed E-state index contributed by atoms with van der Waals surface area (Å²) in [6.45, 7) is 4.88. The van der Waals surface area contributed by atoms with E-state index in [-0.39, 0.29) is 5.91 Å². The molecule has 0 bridgehead atoms. The van der Waals surface area contributed by atoms with E-state index in [2.05, 4.69) is 6.92 Å². The van der Waals surface area contributed by atoms with Crippen molar-refractivity contribution in [3.63, 3.8) is 0 Å². The van der Waals surface area contributed by atoms with Crippen molar-refractivity contribution in [1.82, 2.24) is 4.90 Å². The Balaban J connectivity index is 2.30. The zero-order valence-corrected chi connectivity index (χ0v) is 9.86. The molecule has 2 N–H and O–H groups in total. The highest BCUT2D eigenvalue weighted by atomic mass is 16.2. The monoisotopic (exact) mass is 218 g/mol. The van der Waals surface area contributed by atoms with Gasteiger partial charge in [-0.2, -0.15) is 0 Å². The maximum Gasteiger partial charge on any atom is 0.256 e. The number of amides is 1. The first-order valence-corrected chi connectivity index (χ1v) is 5.77. The fourth-order valence-electron chi connectivity index (χ4n) is 2.26. The highest BCUT2D eigenvalue weighted by molar-refractivity contribution is 6.00. The summed E-state index contributed by atoms with van der Waals surface area (Å²) in [5.74, 6) is 0.0752. The van der Waals surface area contributed by atoms with Gasteiger partial charge in [-0.3, -0.25) is 4.79 Å². The quantitative estimate of drug-likeness (QED) is 0.734. The van der Waals surface area contributed by atoms with E-state index in [1.807, 2.05) is 30.0 Å². The third-order valence-corrected chi connectivity index (χ3v) is 3.37. The summed E-state index contributed by atoms with van der Waals surface area (Å²) < 4.78 is 0. The summed E-state index contributed by atoms with van der Waals surface area (Å²) >= 11 is 0. The molecule has 0 saturated carbocycles. The summed E-state index contributed by atoms with van der Waals surface area (Å²) in [7, 11) is 0. The Hall–Kier alpha value is -1.51. The van der Waals surface area contributed by atoms with Crippen LogP contribution in [0.3, 0.4) is 0 Å². The Morgan fingerprint density at radius 3 is 2.88 bits per heavy atom. The average molecular weight is 218 g/mol. The Morgan fingerprint density at radius 1 is 1.50 bits per heavy atom. The maximum absolute atomic E-state index is 12.3. The Kier molecular flexibility index (Phi) is 2.86. The number of carbonyl (C=O) groups is 1. The van der Waals surface area contributed by atoms with Crippen LogP contribution in [0.4, 0.5) is 5.69 Å². The van der Waals surface area contributed by atoms with E-state index in [4.69, 9.17) is 5.73 Å². The third-order valence-electron chi connectivity index (χ3n) is 3.37. The number of carbonyl (C=O) groups excluding carboxylic acids is 1. The number of hydrogen-bond donors (Lipinski definition) is 1. The zero-order valence-electron chi connectivity index (χ0n) is 9.86. The summed E-state index contributed by atoms with van der Waals surface area (Å²) in [5, 5.41) is 0. The van der Waals surface area contributed by atoms with Crippen molar-refractivity contribution in [3.05, 3.63) is 29.3 Å². The number of nitrogen functional groups attached to an aromatic ring is 1. The van der Waals surface area contributed by atoms with Crippen LogP contribution >= 0.6 is 0 Å². The van der Waals surface area contributed by atoms with Crippen LogP contribution in [0.2, 0.25) is 0 Å². The predicted octanol–water partition coefficient (Wildman–Crippen LogP) is 2.20. The number of rotatable bonds is 1. The van der Waals surface area contributed by atoms with Gasteiger partial charge in [0.15, 0.2) is 0 Å². The first kappa shape index (κ1) is 11.0. The molecule has 1 aromatic carbocycles. The molecular formula is C13H18N2O. The molecule has 2 rings (SSSR count). The van der Waals surface area contributed by atoms with Gasteiger partial charge in [0.25, 0.3) is 5.91 Å².